The fraction of sp³-hybridized carbons (Fsp3) is 0.632. The van der Waals surface area contributed by atoms with Crippen molar-refractivity contribution in [2.75, 3.05) is 13.1 Å². The van der Waals surface area contributed by atoms with E-state index in [0.717, 1.165) is 25.7 Å². The van der Waals surface area contributed by atoms with Crippen molar-refractivity contribution in [1.29, 1.82) is 0 Å². The minimum Gasteiger partial charge on any atom is -0.393 e. The molecular formula is C19H29NO2. The Hall–Kier alpha value is -1.35. The first-order valence-electron chi connectivity index (χ1n) is 8.41. The van der Waals surface area contributed by atoms with Crippen LogP contribution in [0.4, 0.5) is 0 Å². The molecule has 1 aliphatic heterocycles. The van der Waals surface area contributed by atoms with E-state index in [1.807, 2.05) is 4.90 Å². The van der Waals surface area contributed by atoms with Gasteiger partial charge in [0.2, 0.25) is 5.91 Å². The maximum absolute atomic E-state index is 12.1. The molecule has 3 nitrogen and oxygen atoms in total. The number of carbonyl (C=O) groups excluding carboxylic acids is 1. The Labute approximate surface area is 134 Å². The second kappa shape index (κ2) is 7.28. The van der Waals surface area contributed by atoms with Crippen molar-refractivity contribution in [1.82, 2.24) is 4.90 Å². The summed E-state index contributed by atoms with van der Waals surface area (Å²) in [5, 5.41) is 9.48. The maximum atomic E-state index is 12.1. The Bertz CT molecular complexity index is 479. The molecular weight excluding hydrogens is 274 g/mol. The fourth-order valence-electron chi connectivity index (χ4n) is 2.89. The van der Waals surface area contributed by atoms with Crippen LogP contribution in [0.25, 0.3) is 0 Å². The molecule has 2 rings (SSSR count). The third-order valence-electron chi connectivity index (χ3n) is 4.49. The number of piperidine rings is 1. The predicted molar refractivity (Wildman–Crippen MR) is 89.9 cm³/mol. The van der Waals surface area contributed by atoms with E-state index in [2.05, 4.69) is 45.0 Å². The molecule has 0 spiro atoms. The summed E-state index contributed by atoms with van der Waals surface area (Å²) in [4.78, 5) is 14.0. The van der Waals surface area contributed by atoms with Gasteiger partial charge in [-0.1, -0.05) is 45.0 Å². The van der Waals surface area contributed by atoms with Crippen LogP contribution in [0.15, 0.2) is 24.3 Å². The zero-order valence-corrected chi connectivity index (χ0v) is 14.1. The first-order valence-corrected chi connectivity index (χ1v) is 8.41. The van der Waals surface area contributed by atoms with E-state index < -0.39 is 0 Å². The third-order valence-corrected chi connectivity index (χ3v) is 4.49. The average molecular weight is 303 g/mol. The lowest BCUT2D eigenvalue weighted by molar-refractivity contribution is -0.133. The van der Waals surface area contributed by atoms with Crippen LogP contribution < -0.4 is 0 Å². The molecule has 1 fully saturated rings. The lowest BCUT2D eigenvalue weighted by Gasteiger charge is -2.29. The Balaban J connectivity index is 1.75. The number of hydrogen-bond donors (Lipinski definition) is 1. The zero-order valence-electron chi connectivity index (χ0n) is 14.1. The summed E-state index contributed by atoms with van der Waals surface area (Å²) in [5.41, 5.74) is 2.84. The molecule has 0 radical (unpaired) electrons. The third kappa shape index (κ3) is 4.84. The second-order valence-corrected chi connectivity index (χ2v) is 7.41. The van der Waals surface area contributed by atoms with Crippen LogP contribution in [0, 0.1) is 0 Å². The van der Waals surface area contributed by atoms with Gasteiger partial charge in [0, 0.05) is 19.5 Å². The van der Waals surface area contributed by atoms with Gasteiger partial charge in [-0.05, 0) is 42.2 Å². The van der Waals surface area contributed by atoms with Crippen LogP contribution in [-0.2, 0) is 16.6 Å². The van der Waals surface area contributed by atoms with Crippen molar-refractivity contribution in [3.63, 3.8) is 0 Å². The summed E-state index contributed by atoms with van der Waals surface area (Å²) in [6.45, 7) is 8.07. The highest BCUT2D eigenvalue weighted by atomic mass is 16.3. The first kappa shape index (κ1) is 17.0. The molecule has 1 aliphatic rings. The van der Waals surface area contributed by atoms with Crippen molar-refractivity contribution in [3.05, 3.63) is 35.4 Å². The number of aryl methyl sites for hydroxylation is 1. The number of benzene rings is 1. The number of nitrogens with zero attached hydrogens (tertiary/aromatic N) is 1. The van der Waals surface area contributed by atoms with Crippen molar-refractivity contribution in [2.45, 2.75) is 64.4 Å². The van der Waals surface area contributed by atoms with Gasteiger partial charge in [0.15, 0.2) is 0 Å². The van der Waals surface area contributed by atoms with Gasteiger partial charge in [0.25, 0.3) is 0 Å². The van der Waals surface area contributed by atoms with Crippen LogP contribution in [-0.4, -0.2) is 35.1 Å². The molecule has 0 unspecified atom stereocenters. The SMILES string of the molecule is CC(C)(C)c1ccc(CCCC(=O)N2CCC(O)CC2)cc1. The van der Waals surface area contributed by atoms with E-state index in [9.17, 15) is 9.90 Å². The normalized spacial score (nSPS) is 16.8. The van der Waals surface area contributed by atoms with Crippen LogP contribution in [0.5, 0.6) is 0 Å². The van der Waals surface area contributed by atoms with Crippen molar-refractivity contribution in [2.24, 2.45) is 0 Å². The molecule has 1 N–H and O–H groups in total. The highest BCUT2D eigenvalue weighted by Gasteiger charge is 2.20. The molecule has 0 atom stereocenters. The first-order chi connectivity index (χ1) is 10.4. The van der Waals surface area contributed by atoms with Crippen molar-refractivity contribution < 1.29 is 9.90 Å². The molecule has 0 saturated carbocycles. The maximum Gasteiger partial charge on any atom is 0.222 e. The molecule has 1 aromatic carbocycles. The van der Waals surface area contributed by atoms with E-state index in [0.29, 0.717) is 19.5 Å². The topological polar surface area (TPSA) is 40.5 Å². The lowest BCUT2D eigenvalue weighted by Crippen LogP contribution is -2.39. The molecule has 0 aliphatic carbocycles. The number of aliphatic hydroxyl groups is 1. The Kier molecular flexibility index (Phi) is 5.63. The molecule has 0 aromatic heterocycles. The van der Waals surface area contributed by atoms with Gasteiger partial charge in [0.1, 0.15) is 0 Å². The van der Waals surface area contributed by atoms with E-state index in [1.165, 1.54) is 11.1 Å². The number of hydrogen-bond acceptors (Lipinski definition) is 2. The molecule has 1 amide bonds. The number of likely N-dealkylation sites (tertiary alicyclic amines) is 1. The summed E-state index contributed by atoms with van der Waals surface area (Å²) in [6, 6.07) is 8.76. The summed E-state index contributed by atoms with van der Waals surface area (Å²) in [7, 11) is 0. The van der Waals surface area contributed by atoms with E-state index in [1.54, 1.807) is 0 Å². The molecule has 1 aromatic rings. The van der Waals surface area contributed by atoms with Crippen LogP contribution in [0.1, 0.15) is 57.6 Å². The summed E-state index contributed by atoms with van der Waals surface area (Å²) < 4.78 is 0. The van der Waals surface area contributed by atoms with E-state index in [-0.39, 0.29) is 17.4 Å². The van der Waals surface area contributed by atoms with Gasteiger partial charge in [-0.3, -0.25) is 4.79 Å². The molecule has 22 heavy (non-hydrogen) atoms. The van der Waals surface area contributed by atoms with Gasteiger partial charge in [0.05, 0.1) is 6.10 Å². The Morgan fingerprint density at radius 3 is 2.32 bits per heavy atom. The van der Waals surface area contributed by atoms with Crippen molar-refractivity contribution in [3.8, 4) is 0 Å². The molecule has 3 heteroatoms. The Morgan fingerprint density at radius 2 is 1.77 bits per heavy atom. The smallest absolute Gasteiger partial charge is 0.222 e. The van der Waals surface area contributed by atoms with Gasteiger partial charge < -0.3 is 10.0 Å². The van der Waals surface area contributed by atoms with Crippen LogP contribution in [0.2, 0.25) is 0 Å². The van der Waals surface area contributed by atoms with Gasteiger partial charge in [-0.2, -0.15) is 0 Å². The number of aliphatic hydroxyl groups excluding tert-OH is 1. The zero-order chi connectivity index (χ0) is 16.2. The van der Waals surface area contributed by atoms with Crippen molar-refractivity contribution >= 4 is 5.91 Å². The molecule has 1 heterocycles. The largest absolute Gasteiger partial charge is 0.393 e. The summed E-state index contributed by atoms with van der Waals surface area (Å²) >= 11 is 0. The number of amides is 1. The monoisotopic (exact) mass is 303 g/mol. The molecule has 122 valence electrons. The van der Waals surface area contributed by atoms with E-state index in [4.69, 9.17) is 0 Å². The van der Waals surface area contributed by atoms with E-state index >= 15 is 0 Å². The fourth-order valence-corrected chi connectivity index (χ4v) is 2.89. The summed E-state index contributed by atoms with van der Waals surface area (Å²) in [5.74, 6) is 0.234. The van der Waals surface area contributed by atoms with Gasteiger partial charge in [-0.15, -0.1) is 0 Å². The van der Waals surface area contributed by atoms with Crippen LogP contribution in [0.3, 0.4) is 0 Å². The number of carbonyl (C=O) groups is 1. The predicted octanol–water partition coefficient (Wildman–Crippen LogP) is 3.29. The average Bonchev–Trinajstić information content (AvgIpc) is 2.47. The van der Waals surface area contributed by atoms with Gasteiger partial charge in [-0.25, -0.2) is 0 Å². The van der Waals surface area contributed by atoms with Gasteiger partial charge >= 0.3 is 0 Å². The number of rotatable bonds is 4. The standard InChI is InChI=1S/C19H29NO2/c1-19(2,3)16-9-7-15(8-10-16)5-4-6-18(22)20-13-11-17(21)12-14-20/h7-10,17,21H,4-6,11-14H2,1-3H3. The quantitative estimate of drug-likeness (QED) is 0.927. The Morgan fingerprint density at radius 1 is 1.18 bits per heavy atom. The highest BCUT2D eigenvalue weighted by molar-refractivity contribution is 5.76. The second-order valence-electron chi connectivity index (χ2n) is 7.41. The minimum atomic E-state index is -0.217. The molecule has 1 saturated heterocycles. The summed E-state index contributed by atoms with van der Waals surface area (Å²) in [6.07, 6.45) is 3.68. The minimum absolute atomic E-state index is 0.188. The lowest BCUT2D eigenvalue weighted by atomic mass is 9.86. The molecule has 0 bridgehead atoms. The van der Waals surface area contributed by atoms with Crippen LogP contribution >= 0.6 is 0 Å². The highest BCUT2D eigenvalue weighted by Crippen LogP contribution is 2.22.